The molecule has 3 aromatic rings. The Balaban J connectivity index is 1.20. The van der Waals surface area contributed by atoms with Crippen molar-refractivity contribution < 1.29 is 18.7 Å². The van der Waals surface area contributed by atoms with Gasteiger partial charge in [0.25, 0.3) is 5.91 Å². The number of nitrogen functional groups attached to an aromatic ring is 1. The number of hydrogen-bond acceptors (Lipinski definition) is 8. The highest BCUT2D eigenvalue weighted by molar-refractivity contribution is 7.21. The summed E-state index contributed by atoms with van der Waals surface area (Å²) in [6.07, 6.45) is 2.72. The molecule has 3 aliphatic rings. The van der Waals surface area contributed by atoms with E-state index in [9.17, 15) is 14.9 Å². The van der Waals surface area contributed by atoms with Crippen LogP contribution in [0.15, 0.2) is 18.2 Å². The number of nitrogens with zero attached hydrogens (tertiary/aromatic N) is 4. The Kier molecular flexibility index (Phi) is 7.00. The number of halogens is 1. The minimum atomic E-state index is -0.582. The van der Waals surface area contributed by atoms with Crippen molar-refractivity contribution in [1.29, 1.82) is 5.26 Å². The highest BCUT2D eigenvalue weighted by Gasteiger charge is 2.45. The van der Waals surface area contributed by atoms with Crippen LogP contribution in [0.4, 0.5) is 20.6 Å². The first-order valence-corrected chi connectivity index (χ1v) is 15.2. The van der Waals surface area contributed by atoms with Crippen LogP contribution in [0.2, 0.25) is 0 Å². The van der Waals surface area contributed by atoms with Crippen molar-refractivity contribution in [3.8, 4) is 6.07 Å². The maximum Gasteiger partial charge on any atom is 0.410 e. The number of carbonyl (C=O) groups excluding carboxylic acids is 2. The molecule has 1 aliphatic carbocycles. The van der Waals surface area contributed by atoms with E-state index >= 15 is 4.39 Å². The summed E-state index contributed by atoms with van der Waals surface area (Å²) >= 11 is 1.25. The topological polar surface area (TPSA) is 125 Å². The van der Waals surface area contributed by atoms with Crippen molar-refractivity contribution in [3.05, 3.63) is 51.3 Å². The minimum absolute atomic E-state index is 0.0516. The molecule has 11 heteroatoms. The molecule has 3 atom stereocenters. The fourth-order valence-corrected chi connectivity index (χ4v) is 7.65. The molecule has 2 aromatic heterocycles. The van der Waals surface area contributed by atoms with Gasteiger partial charge in [-0.25, -0.2) is 14.2 Å². The quantitative estimate of drug-likeness (QED) is 0.436. The van der Waals surface area contributed by atoms with E-state index in [2.05, 4.69) is 21.3 Å². The van der Waals surface area contributed by atoms with Gasteiger partial charge in [0, 0.05) is 30.2 Å². The third kappa shape index (κ3) is 5.02. The molecule has 4 heterocycles. The summed E-state index contributed by atoms with van der Waals surface area (Å²) in [4.78, 5) is 35.6. The molecule has 0 spiro atoms. The van der Waals surface area contributed by atoms with E-state index in [1.165, 1.54) is 17.4 Å². The van der Waals surface area contributed by atoms with Gasteiger partial charge in [-0.1, -0.05) is 0 Å². The van der Waals surface area contributed by atoms with Gasteiger partial charge in [-0.05, 0) is 89.1 Å². The molecule has 2 aliphatic heterocycles. The van der Waals surface area contributed by atoms with Crippen molar-refractivity contribution in [1.82, 2.24) is 15.2 Å². The molecule has 0 radical (unpaired) electrons. The fraction of sp³-hybridized carbons (Fsp3) is 0.484. The zero-order valence-corrected chi connectivity index (χ0v) is 25.1. The predicted octanol–water partition coefficient (Wildman–Crippen LogP) is 5.07. The Labute approximate surface area is 248 Å². The number of rotatable bonds is 3. The number of pyridine rings is 1. The van der Waals surface area contributed by atoms with Crippen LogP contribution in [0.3, 0.4) is 0 Å². The maximum atomic E-state index is 15.7. The lowest BCUT2D eigenvalue weighted by Gasteiger charge is -2.43. The van der Waals surface area contributed by atoms with E-state index in [0.29, 0.717) is 70.1 Å². The summed E-state index contributed by atoms with van der Waals surface area (Å²) in [5, 5.41) is 14.0. The summed E-state index contributed by atoms with van der Waals surface area (Å²) in [5.74, 6) is -0.668. The second-order valence-electron chi connectivity index (χ2n) is 12.6. The third-order valence-electron chi connectivity index (χ3n) is 8.48. The second-order valence-corrected chi connectivity index (χ2v) is 13.6. The number of nitrogens with two attached hydrogens (primary N) is 1. The van der Waals surface area contributed by atoms with Gasteiger partial charge in [-0.15, -0.1) is 11.3 Å². The van der Waals surface area contributed by atoms with E-state index < -0.39 is 5.60 Å². The number of hydrogen-bond donors (Lipinski definition) is 2. The molecule has 220 valence electrons. The van der Waals surface area contributed by atoms with Gasteiger partial charge in [0.2, 0.25) is 0 Å². The average molecular weight is 591 g/mol. The normalized spacial score (nSPS) is 21.7. The van der Waals surface area contributed by atoms with Crippen molar-refractivity contribution in [2.45, 2.75) is 83.5 Å². The number of benzene rings is 1. The van der Waals surface area contributed by atoms with Gasteiger partial charge in [-0.3, -0.25) is 9.69 Å². The first-order chi connectivity index (χ1) is 19.9. The average Bonchev–Trinajstić information content (AvgIpc) is 3.39. The van der Waals surface area contributed by atoms with Crippen LogP contribution in [0, 0.1) is 24.1 Å². The largest absolute Gasteiger partial charge is 0.444 e. The van der Waals surface area contributed by atoms with E-state index in [4.69, 9.17) is 10.5 Å². The summed E-state index contributed by atoms with van der Waals surface area (Å²) < 4.78 is 21.4. The van der Waals surface area contributed by atoms with Crippen LogP contribution in [0.1, 0.15) is 72.1 Å². The molecule has 2 fully saturated rings. The number of nitrogens with one attached hydrogen (secondary N) is 1. The molecule has 3 N–H and O–H groups in total. The molecule has 9 nitrogen and oxygen atoms in total. The number of aryl methyl sites for hydroxylation is 1. The Hall–Kier alpha value is -3.91. The lowest BCUT2D eigenvalue weighted by molar-refractivity contribution is 0.0123. The lowest BCUT2D eigenvalue weighted by Crippen LogP contribution is -2.57. The van der Waals surface area contributed by atoms with Crippen molar-refractivity contribution in [2.24, 2.45) is 0 Å². The molecule has 42 heavy (non-hydrogen) atoms. The van der Waals surface area contributed by atoms with Crippen LogP contribution in [0.5, 0.6) is 0 Å². The van der Waals surface area contributed by atoms with Crippen LogP contribution in [-0.2, 0) is 17.6 Å². The maximum absolute atomic E-state index is 15.7. The Morgan fingerprint density at radius 3 is 2.57 bits per heavy atom. The predicted molar refractivity (Wildman–Crippen MR) is 160 cm³/mol. The van der Waals surface area contributed by atoms with Gasteiger partial charge in [0.1, 0.15) is 27.2 Å². The van der Waals surface area contributed by atoms with Gasteiger partial charge in [0.05, 0.1) is 29.0 Å². The number of aromatic nitrogens is 1. The number of fused-ring (bicyclic) bond motifs is 4. The summed E-state index contributed by atoms with van der Waals surface area (Å²) in [7, 11) is 0. The molecule has 1 aromatic carbocycles. The highest BCUT2D eigenvalue weighted by atomic mass is 32.1. The highest BCUT2D eigenvalue weighted by Crippen LogP contribution is 2.39. The van der Waals surface area contributed by atoms with Crippen LogP contribution in [0.25, 0.3) is 10.2 Å². The smallest absolute Gasteiger partial charge is 0.410 e. The van der Waals surface area contributed by atoms with Gasteiger partial charge >= 0.3 is 6.09 Å². The zero-order chi connectivity index (χ0) is 29.9. The second kappa shape index (κ2) is 10.4. The van der Waals surface area contributed by atoms with Crippen LogP contribution in [-0.4, -0.2) is 58.7 Å². The molecular formula is C31H35FN6O3S. The molecule has 6 rings (SSSR count). The standard InChI is InChI=1S/C31H35FN6O3S/c1-16-5-9-21-26(34)27(42-29(21)35-16)28(39)36-17-6-10-20-22(11-17)24(32)12-25(23(20)13-33)37-14-18-7-8-19(15-37)38(18)30(40)41-31(2,3)4/h5,9,12,17-19H,6-8,10-11,14-15,34H2,1-4H3,(H,36,39)/t17-,18?,19?/m0/s1. The Bertz CT molecular complexity index is 1630. The first kappa shape index (κ1) is 28.2. The molecule has 2 bridgehead atoms. The monoisotopic (exact) mass is 590 g/mol. The number of ether oxygens (including phenoxy) is 1. The molecule has 0 saturated carbocycles. The molecule has 2 unspecified atom stereocenters. The van der Waals surface area contributed by atoms with Crippen molar-refractivity contribution in [3.63, 3.8) is 0 Å². The van der Waals surface area contributed by atoms with E-state index in [1.54, 1.807) is 0 Å². The summed E-state index contributed by atoms with van der Waals surface area (Å²) in [6, 6.07) is 7.15. The first-order valence-electron chi connectivity index (χ1n) is 14.4. The summed E-state index contributed by atoms with van der Waals surface area (Å²) in [5.41, 5.74) is 9.19. The van der Waals surface area contributed by atoms with Crippen molar-refractivity contribution in [2.75, 3.05) is 23.7 Å². The SMILES string of the molecule is Cc1ccc2c(N)c(C(=O)N[C@H]3CCc4c(C#N)c(N5CC6CCC(C5)N6C(=O)OC(C)(C)C)cc(F)c4C3)sc2n1. The number of piperazine rings is 1. The van der Waals surface area contributed by atoms with Gasteiger partial charge in [-0.2, -0.15) is 5.26 Å². The zero-order valence-electron chi connectivity index (χ0n) is 24.3. The van der Waals surface area contributed by atoms with Crippen LogP contribution >= 0.6 is 11.3 Å². The molecular weight excluding hydrogens is 555 g/mol. The van der Waals surface area contributed by atoms with Crippen molar-refractivity contribution >= 4 is 44.9 Å². The number of anilines is 2. The number of amides is 2. The van der Waals surface area contributed by atoms with E-state index in [1.807, 2.05) is 44.7 Å². The Morgan fingerprint density at radius 1 is 1.19 bits per heavy atom. The fourth-order valence-electron chi connectivity index (χ4n) is 6.61. The van der Waals surface area contributed by atoms with E-state index in [0.717, 1.165) is 23.9 Å². The number of carbonyl (C=O) groups is 2. The molecule has 2 amide bonds. The summed E-state index contributed by atoms with van der Waals surface area (Å²) in [6.45, 7) is 8.49. The number of thiophene rings is 1. The minimum Gasteiger partial charge on any atom is -0.444 e. The molecule has 2 saturated heterocycles. The van der Waals surface area contributed by atoms with E-state index in [-0.39, 0.29) is 35.9 Å². The van der Waals surface area contributed by atoms with Gasteiger partial charge < -0.3 is 20.7 Å². The lowest BCUT2D eigenvalue weighted by atomic mass is 9.84. The third-order valence-corrected chi connectivity index (χ3v) is 9.59. The number of nitriles is 1. The van der Waals surface area contributed by atoms with Crippen LogP contribution < -0.4 is 16.0 Å². The Morgan fingerprint density at radius 2 is 1.90 bits per heavy atom. The van der Waals surface area contributed by atoms with Gasteiger partial charge in [0.15, 0.2) is 0 Å².